The average Bonchev–Trinajstić information content (AvgIpc) is 2.51. The summed E-state index contributed by atoms with van der Waals surface area (Å²) in [5, 5.41) is 0. The van der Waals surface area contributed by atoms with Crippen molar-refractivity contribution in [1.82, 2.24) is 0 Å². The van der Waals surface area contributed by atoms with Crippen LogP contribution in [0.1, 0.15) is 51.6 Å². The van der Waals surface area contributed by atoms with Gasteiger partial charge >= 0.3 is 0 Å². The highest BCUT2D eigenvalue weighted by molar-refractivity contribution is 7.91. The number of benzene rings is 2. The number of fused-ring (bicyclic) bond motifs is 2. The van der Waals surface area contributed by atoms with E-state index in [9.17, 15) is 18.0 Å². The summed E-state index contributed by atoms with van der Waals surface area (Å²) in [7, 11) is -3.86. The molecule has 0 atom stereocenters. The van der Waals surface area contributed by atoms with Crippen LogP contribution in [0.2, 0.25) is 0 Å². The Labute approximate surface area is 134 Å². The van der Waals surface area contributed by atoms with E-state index in [4.69, 9.17) is 5.73 Å². The molecular weight excluding hydrogens is 314 g/mol. The second kappa shape index (κ2) is 5.03. The molecule has 1 heterocycles. The van der Waals surface area contributed by atoms with E-state index in [0.717, 1.165) is 5.56 Å². The summed E-state index contributed by atoms with van der Waals surface area (Å²) in [5.74, 6) is -0.922. The van der Waals surface area contributed by atoms with E-state index in [0.29, 0.717) is 0 Å². The zero-order valence-corrected chi connectivity index (χ0v) is 13.5. The number of hydrogen-bond acceptors (Lipinski definition) is 4. The minimum Gasteiger partial charge on any atom is -0.366 e. The van der Waals surface area contributed by atoms with Crippen LogP contribution >= 0.6 is 0 Å². The van der Waals surface area contributed by atoms with E-state index in [1.165, 1.54) is 24.3 Å². The minimum atomic E-state index is -3.86. The number of nitrogens with two attached hydrogens (primary N) is 1. The molecule has 2 aromatic rings. The fourth-order valence-electron chi connectivity index (χ4n) is 2.67. The highest BCUT2D eigenvalue weighted by atomic mass is 32.2. The Morgan fingerprint density at radius 1 is 1.00 bits per heavy atom. The molecule has 6 heteroatoms. The molecule has 118 valence electrons. The average molecular weight is 329 g/mol. The Balaban J connectivity index is 2.31. The van der Waals surface area contributed by atoms with Gasteiger partial charge in [0.05, 0.1) is 9.79 Å². The van der Waals surface area contributed by atoms with Crippen LogP contribution in [0.25, 0.3) is 0 Å². The van der Waals surface area contributed by atoms with E-state index in [-0.39, 0.29) is 38.2 Å². The first kappa shape index (κ1) is 15.4. The second-order valence-corrected chi connectivity index (χ2v) is 7.70. The molecule has 0 fully saturated rings. The van der Waals surface area contributed by atoms with Crippen molar-refractivity contribution < 1.29 is 18.0 Å². The molecule has 5 nitrogen and oxygen atoms in total. The lowest BCUT2D eigenvalue weighted by Crippen LogP contribution is -2.22. The van der Waals surface area contributed by atoms with Crippen molar-refractivity contribution in [2.45, 2.75) is 29.6 Å². The number of rotatable bonds is 2. The number of ketones is 1. The first-order valence-corrected chi connectivity index (χ1v) is 8.59. The Bertz CT molecular complexity index is 959. The Morgan fingerprint density at radius 3 is 2.30 bits per heavy atom. The van der Waals surface area contributed by atoms with E-state index in [1.54, 1.807) is 12.1 Å². The van der Waals surface area contributed by atoms with Crippen molar-refractivity contribution in [1.29, 1.82) is 0 Å². The van der Waals surface area contributed by atoms with Gasteiger partial charge in [-0.1, -0.05) is 19.9 Å². The van der Waals surface area contributed by atoms with Crippen LogP contribution in [0, 0.1) is 0 Å². The van der Waals surface area contributed by atoms with Gasteiger partial charge in [-0.2, -0.15) is 0 Å². The lowest BCUT2D eigenvalue weighted by molar-refractivity contribution is 0.0995. The Hall–Kier alpha value is -2.47. The normalized spacial score (nSPS) is 15.2. The Morgan fingerprint density at radius 2 is 1.70 bits per heavy atom. The first-order valence-electron chi connectivity index (χ1n) is 7.11. The van der Waals surface area contributed by atoms with Crippen molar-refractivity contribution in [2.24, 2.45) is 5.73 Å². The van der Waals surface area contributed by atoms with E-state index < -0.39 is 15.7 Å². The van der Waals surface area contributed by atoms with Crippen LogP contribution in [-0.2, 0) is 9.84 Å². The van der Waals surface area contributed by atoms with Gasteiger partial charge in [0.15, 0.2) is 5.78 Å². The maximum absolute atomic E-state index is 12.8. The molecule has 1 aliphatic heterocycles. The molecule has 1 aliphatic rings. The summed E-state index contributed by atoms with van der Waals surface area (Å²) < 4.78 is 25.6. The zero-order valence-electron chi connectivity index (χ0n) is 12.7. The van der Waals surface area contributed by atoms with Crippen molar-refractivity contribution in [3.8, 4) is 0 Å². The van der Waals surface area contributed by atoms with Crippen molar-refractivity contribution in [2.75, 3.05) is 0 Å². The number of hydrogen-bond donors (Lipinski definition) is 1. The lowest BCUT2D eigenvalue weighted by Gasteiger charge is -2.20. The fourth-order valence-corrected chi connectivity index (χ4v) is 4.33. The first-order chi connectivity index (χ1) is 10.7. The topological polar surface area (TPSA) is 94.3 Å². The molecule has 0 saturated heterocycles. The standard InChI is InChI=1S/C17H15NO4S/c1-9(2)10-4-6-14-13(7-10)16(19)12-5-3-11(17(18)20)8-15(12)23(14,21)22/h3-9H,1-2H3,(H2,18,20). The molecule has 2 aromatic carbocycles. The van der Waals surface area contributed by atoms with Crippen LogP contribution in [0.15, 0.2) is 46.2 Å². The number of carbonyl (C=O) groups is 2. The SMILES string of the molecule is CC(C)c1ccc2c(c1)C(=O)c1ccc(C(N)=O)cc1S2(=O)=O. The highest BCUT2D eigenvalue weighted by Gasteiger charge is 2.35. The van der Waals surface area contributed by atoms with Gasteiger partial charge in [0.1, 0.15) is 0 Å². The van der Waals surface area contributed by atoms with Gasteiger partial charge in [-0.25, -0.2) is 8.42 Å². The molecule has 0 spiro atoms. The molecule has 2 N–H and O–H groups in total. The molecule has 0 aromatic heterocycles. The third-order valence-electron chi connectivity index (χ3n) is 4.00. The zero-order chi connectivity index (χ0) is 16.9. The van der Waals surface area contributed by atoms with E-state index in [1.807, 2.05) is 13.8 Å². The van der Waals surface area contributed by atoms with Gasteiger partial charge < -0.3 is 5.73 Å². The molecule has 3 rings (SSSR count). The summed E-state index contributed by atoms with van der Waals surface area (Å²) in [6, 6.07) is 8.68. The van der Waals surface area contributed by atoms with E-state index in [2.05, 4.69) is 0 Å². The van der Waals surface area contributed by atoms with Crippen LogP contribution in [0.4, 0.5) is 0 Å². The predicted molar refractivity (Wildman–Crippen MR) is 84.4 cm³/mol. The summed E-state index contributed by atoms with van der Waals surface area (Å²) in [4.78, 5) is 23.8. The molecule has 0 saturated carbocycles. The molecule has 0 radical (unpaired) electrons. The maximum atomic E-state index is 12.8. The van der Waals surface area contributed by atoms with Gasteiger partial charge in [-0.05, 0) is 41.8 Å². The van der Waals surface area contributed by atoms with Gasteiger partial charge in [-0.3, -0.25) is 9.59 Å². The van der Waals surface area contributed by atoms with Gasteiger partial charge in [0.2, 0.25) is 15.7 Å². The predicted octanol–water partition coefficient (Wildman–Crippen LogP) is 2.29. The summed E-state index contributed by atoms with van der Waals surface area (Å²) >= 11 is 0. The second-order valence-electron chi connectivity index (χ2n) is 5.82. The summed E-state index contributed by atoms with van der Waals surface area (Å²) in [6.45, 7) is 3.94. The molecule has 0 bridgehead atoms. The number of sulfone groups is 1. The number of amides is 1. The number of primary amides is 1. The third kappa shape index (κ3) is 2.26. The summed E-state index contributed by atoms with van der Waals surface area (Å²) in [5.41, 5.74) is 6.40. The monoisotopic (exact) mass is 329 g/mol. The Kier molecular flexibility index (Phi) is 3.37. The van der Waals surface area contributed by atoms with Crippen molar-refractivity contribution in [3.05, 3.63) is 58.7 Å². The fraction of sp³-hybridized carbons (Fsp3) is 0.176. The van der Waals surface area contributed by atoms with Crippen LogP contribution in [0.5, 0.6) is 0 Å². The highest BCUT2D eigenvalue weighted by Crippen LogP contribution is 2.36. The smallest absolute Gasteiger partial charge is 0.248 e. The van der Waals surface area contributed by atoms with Crippen LogP contribution < -0.4 is 5.73 Å². The largest absolute Gasteiger partial charge is 0.366 e. The lowest BCUT2D eigenvalue weighted by atomic mass is 9.95. The van der Waals surface area contributed by atoms with Crippen LogP contribution in [-0.4, -0.2) is 20.1 Å². The molecule has 23 heavy (non-hydrogen) atoms. The van der Waals surface area contributed by atoms with Crippen molar-refractivity contribution >= 4 is 21.5 Å². The third-order valence-corrected chi connectivity index (χ3v) is 5.86. The maximum Gasteiger partial charge on any atom is 0.248 e. The molecule has 0 unspecified atom stereocenters. The quantitative estimate of drug-likeness (QED) is 0.780. The van der Waals surface area contributed by atoms with Crippen molar-refractivity contribution in [3.63, 3.8) is 0 Å². The van der Waals surface area contributed by atoms with Gasteiger partial charge in [-0.15, -0.1) is 0 Å². The minimum absolute atomic E-state index is 0.0268. The number of carbonyl (C=O) groups excluding carboxylic acids is 2. The van der Waals surface area contributed by atoms with Gasteiger partial charge in [0, 0.05) is 16.7 Å². The van der Waals surface area contributed by atoms with Gasteiger partial charge in [0.25, 0.3) is 0 Å². The molecule has 0 aliphatic carbocycles. The van der Waals surface area contributed by atoms with Crippen LogP contribution in [0.3, 0.4) is 0 Å². The molecular formula is C17H15NO4S. The van der Waals surface area contributed by atoms with E-state index >= 15 is 0 Å². The molecule has 1 amide bonds. The summed E-state index contributed by atoms with van der Waals surface area (Å²) in [6.07, 6.45) is 0.